The number of rotatable bonds is 3. The normalized spacial score (nSPS) is 10.4. The van der Waals surface area contributed by atoms with Gasteiger partial charge in [0.1, 0.15) is 5.56 Å². The SMILES string of the molecule is CCn1cc(C(=O)O)c(-c2cccc(C)c2)nc1=O. The summed E-state index contributed by atoms with van der Waals surface area (Å²) in [6.45, 7) is 4.05. The molecule has 1 aromatic heterocycles. The molecule has 1 heterocycles. The fourth-order valence-electron chi connectivity index (χ4n) is 1.89. The first-order valence-corrected chi connectivity index (χ1v) is 5.94. The van der Waals surface area contributed by atoms with E-state index in [1.165, 1.54) is 10.8 Å². The summed E-state index contributed by atoms with van der Waals surface area (Å²) in [5, 5.41) is 9.25. The molecule has 0 spiro atoms. The van der Waals surface area contributed by atoms with Crippen molar-refractivity contribution in [2.75, 3.05) is 0 Å². The lowest BCUT2D eigenvalue weighted by Crippen LogP contribution is -2.24. The average molecular weight is 258 g/mol. The van der Waals surface area contributed by atoms with Crippen molar-refractivity contribution in [1.82, 2.24) is 9.55 Å². The highest BCUT2D eigenvalue weighted by Crippen LogP contribution is 2.21. The predicted molar refractivity (Wildman–Crippen MR) is 71.3 cm³/mol. The van der Waals surface area contributed by atoms with Gasteiger partial charge in [-0.1, -0.05) is 23.8 Å². The molecule has 2 aromatic rings. The number of aromatic carboxylic acids is 1. The Balaban J connectivity index is 2.72. The fourth-order valence-corrected chi connectivity index (χ4v) is 1.89. The second-order valence-corrected chi connectivity index (χ2v) is 4.25. The van der Waals surface area contributed by atoms with Crippen LogP contribution >= 0.6 is 0 Å². The zero-order valence-corrected chi connectivity index (χ0v) is 10.8. The molecule has 0 saturated heterocycles. The van der Waals surface area contributed by atoms with Crippen LogP contribution in [0.3, 0.4) is 0 Å². The lowest BCUT2D eigenvalue weighted by atomic mass is 10.1. The minimum Gasteiger partial charge on any atom is -0.478 e. The van der Waals surface area contributed by atoms with Gasteiger partial charge in [0, 0.05) is 18.3 Å². The van der Waals surface area contributed by atoms with E-state index in [1.54, 1.807) is 13.0 Å². The quantitative estimate of drug-likeness (QED) is 0.913. The van der Waals surface area contributed by atoms with Gasteiger partial charge in [-0.15, -0.1) is 0 Å². The van der Waals surface area contributed by atoms with E-state index in [2.05, 4.69) is 4.98 Å². The molecule has 0 aliphatic heterocycles. The van der Waals surface area contributed by atoms with Gasteiger partial charge in [-0.2, -0.15) is 4.98 Å². The van der Waals surface area contributed by atoms with E-state index in [1.807, 2.05) is 25.1 Å². The zero-order chi connectivity index (χ0) is 14.0. The van der Waals surface area contributed by atoms with Crippen LogP contribution in [0, 0.1) is 6.92 Å². The van der Waals surface area contributed by atoms with Gasteiger partial charge >= 0.3 is 11.7 Å². The second kappa shape index (κ2) is 5.06. The molecule has 0 aliphatic carbocycles. The van der Waals surface area contributed by atoms with Crippen LogP contribution in [0.15, 0.2) is 35.3 Å². The van der Waals surface area contributed by atoms with Gasteiger partial charge in [0.2, 0.25) is 0 Å². The van der Waals surface area contributed by atoms with E-state index in [4.69, 9.17) is 0 Å². The monoisotopic (exact) mass is 258 g/mol. The number of aromatic nitrogens is 2. The predicted octanol–water partition coefficient (Wildman–Crippen LogP) is 1.94. The number of carboxylic acids is 1. The van der Waals surface area contributed by atoms with Crippen molar-refractivity contribution in [3.63, 3.8) is 0 Å². The molecule has 98 valence electrons. The molecule has 0 unspecified atom stereocenters. The molecule has 0 atom stereocenters. The van der Waals surface area contributed by atoms with E-state index in [0.717, 1.165) is 5.56 Å². The van der Waals surface area contributed by atoms with Gasteiger partial charge in [0.15, 0.2) is 0 Å². The third-order valence-electron chi connectivity index (χ3n) is 2.86. The molecule has 0 radical (unpaired) electrons. The summed E-state index contributed by atoms with van der Waals surface area (Å²) in [6, 6.07) is 7.27. The molecule has 0 bridgehead atoms. The van der Waals surface area contributed by atoms with Crippen LogP contribution in [0.25, 0.3) is 11.3 Å². The Morgan fingerprint density at radius 2 is 2.16 bits per heavy atom. The summed E-state index contributed by atoms with van der Waals surface area (Å²) in [5.41, 5.74) is 1.43. The molecule has 1 N–H and O–H groups in total. The maximum Gasteiger partial charge on any atom is 0.348 e. The van der Waals surface area contributed by atoms with Crippen molar-refractivity contribution in [2.45, 2.75) is 20.4 Å². The summed E-state index contributed by atoms with van der Waals surface area (Å²) < 4.78 is 1.28. The lowest BCUT2D eigenvalue weighted by Gasteiger charge is -2.08. The molecular weight excluding hydrogens is 244 g/mol. The zero-order valence-electron chi connectivity index (χ0n) is 10.8. The van der Waals surface area contributed by atoms with Crippen molar-refractivity contribution >= 4 is 5.97 Å². The highest BCUT2D eigenvalue weighted by molar-refractivity contribution is 5.94. The molecule has 0 amide bonds. The van der Waals surface area contributed by atoms with Crippen molar-refractivity contribution in [2.24, 2.45) is 0 Å². The number of hydrogen-bond donors (Lipinski definition) is 1. The van der Waals surface area contributed by atoms with Crippen LogP contribution in [0.1, 0.15) is 22.8 Å². The number of aryl methyl sites for hydroxylation is 2. The maximum atomic E-state index is 11.8. The fraction of sp³-hybridized carbons (Fsp3) is 0.214. The van der Waals surface area contributed by atoms with Crippen molar-refractivity contribution in [1.29, 1.82) is 0 Å². The van der Waals surface area contributed by atoms with Crippen molar-refractivity contribution < 1.29 is 9.90 Å². The molecule has 5 heteroatoms. The smallest absolute Gasteiger partial charge is 0.348 e. The third kappa shape index (κ3) is 2.54. The summed E-state index contributed by atoms with van der Waals surface area (Å²) >= 11 is 0. The summed E-state index contributed by atoms with van der Waals surface area (Å²) in [4.78, 5) is 27.0. The van der Waals surface area contributed by atoms with Crippen LogP contribution in [-0.2, 0) is 6.54 Å². The van der Waals surface area contributed by atoms with Gasteiger partial charge in [0.25, 0.3) is 0 Å². The molecule has 0 aliphatic rings. The minimum absolute atomic E-state index is 0.0343. The van der Waals surface area contributed by atoms with Gasteiger partial charge in [-0.05, 0) is 19.9 Å². The number of hydrogen-bond acceptors (Lipinski definition) is 3. The molecule has 19 heavy (non-hydrogen) atoms. The molecule has 2 rings (SSSR count). The Morgan fingerprint density at radius 1 is 1.42 bits per heavy atom. The number of carbonyl (C=O) groups is 1. The van der Waals surface area contributed by atoms with E-state index < -0.39 is 11.7 Å². The highest BCUT2D eigenvalue weighted by atomic mass is 16.4. The van der Waals surface area contributed by atoms with E-state index in [9.17, 15) is 14.7 Å². The summed E-state index contributed by atoms with van der Waals surface area (Å²) in [5.74, 6) is -1.09. The number of nitrogens with zero attached hydrogens (tertiary/aromatic N) is 2. The van der Waals surface area contributed by atoms with Crippen LogP contribution in [-0.4, -0.2) is 20.6 Å². The summed E-state index contributed by atoms with van der Waals surface area (Å²) in [6.07, 6.45) is 1.34. The van der Waals surface area contributed by atoms with Crippen LogP contribution in [0.2, 0.25) is 0 Å². The average Bonchev–Trinajstić information content (AvgIpc) is 2.38. The first kappa shape index (κ1) is 13.0. The Bertz CT molecular complexity index is 689. The van der Waals surface area contributed by atoms with E-state index in [0.29, 0.717) is 12.1 Å². The number of benzene rings is 1. The molecule has 0 fully saturated rings. The van der Waals surface area contributed by atoms with Crippen molar-refractivity contribution in [3.05, 3.63) is 52.1 Å². The molecular formula is C14H14N2O3. The Morgan fingerprint density at radius 3 is 2.74 bits per heavy atom. The molecule has 5 nitrogen and oxygen atoms in total. The van der Waals surface area contributed by atoms with Gasteiger partial charge in [-0.3, -0.25) is 4.57 Å². The lowest BCUT2D eigenvalue weighted by molar-refractivity contribution is 0.0696. The van der Waals surface area contributed by atoms with Gasteiger partial charge in [0.05, 0.1) is 5.69 Å². The number of carboxylic acid groups (broad SMARTS) is 1. The van der Waals surface area contributed by atoms with Crippen LogP contribution in [0.5, 0.6) is 0 Å². The van der Waals surface area contributed by atoms with Crippen molar-refractivity contribution in [3.8, 4) is 11.3 Å². The standard InChI is InChI=1S/C14H14N2O3/c1-3-16-8-11(13(17)18)12(15-14(16)19)10-6-4-5-9(2)7-10/h4-8H,3H2,1-2H3,(H,17,18). The van der Waals surface area contributed by atoms with Gasteiger partial charge < -0.3 is 5.11 Å². The highest BCUT2D eigenvalue weighted by Gasteiger charge is 2.16. The topological polar surface area (TPSA) is 72.2 Å². The minimum atomic E-state index is -1.09. The van der Waals surface area contributed by atoms with Crippen LogP contribution < -0.4 is 5.69 Å². The van der Waals surface area contributed by atoms with Gasteiger partial charge in [-0.25, -0.2) is 9.59 Å². The largest absolute Gasteiger partial charge is 0.478 e. The Hall–Kier alpha value is -2.43. The first-order chi connectivity index (χ1) is 9.02. The van der Waals surface area contributed by atoms with E-state index in [-0.39, 0.29) is 11.3 Å². The molecule has 1 aromatic carbocycles. The summed E-state index contributed by atoms with van der Waals surface area (Å²) in [7, 11) is 0. The third-order valence-corrected chi connectivity index (χ3v) is 2.86. The maximum absolute atomic E-state index is 11.8. The first-order valence-electron chi connectivity index (χ1n) is 5.94. The Kier molecular flexibility index (Phi) is 3.46. The second-order valence-electron chi connectivity index (χ2n) is 4.25. The Labute approximate surface area is 110 Å². The van der Waals surface area contributed by atoms with Crippen LogP contribution in [0.4, 0.5) is 0 Å². The van der Waals surface area contributed by atoms with E-state index >= 15 is 0 Å². The molecule has 0 saturated carbocycles.